The number of ether oxygens (including phenoxy) is 2. The molecule has 0 saturated carbocycles. The van der Waals surface area contributed by atoms with Gasteiger partial charge in [0.05, 0.1) is 24.5 Å². The van der Waals surface area contributed by atoms with Crippen LogP contribution < -0.4 is 15.2 Å². The number of rotatable bonds is 7. The van der Waals surface area contributed by atoms with Gasteiger partial charge in [-0.3, -0.25) is 0 Å². The van der Waals surface area contributed by atoms with Crippen molar-refractivity contribution in [2.75, 3.05) is 18.9 Å². The molecule has 0 aliphatic heterocycles. The average molecular weight is 253 g/mol. The maximum atomic E-state index is 11.0. The van der Waals surface area contributed by atoms with Crippen molar-refractivity contribution in [3.63, 3.8) is 0 Å². The van der Waals surface area contributed by atoms with Crippen molar-refractivity contribution >= 4 is 11.7 Å². The first-order valence-corrected chi connectivity index (χ1v) is 6.02. The topological polar surface area (TPSA) is 81.8 Å². The van der Waals surface area contributed by atoms with E-state index in [0.29, 0.717) is 24.7 Å². The van der Waals surface area contributed by atoms with Gasteiger partial charge in [-0.15, -0.1) is 0 Å². The molecule has 0 bridgehead atoms. The van der Waals surface area contributed by atoms with Crippen molar-refractivity contribution in [1.29, 1.82) is 0 Å². The van der Waals surface area contributed by atoms with Crippen LogP contribution in [0, 0.1) is 0 Å². The van der Waals surface area contributed by atoms with Gasteiger partial charge in [0, 0.05) is 12.1 Å². The van der Waals surface area contributed by atoms with Gasteiger partial charge in [-0.25, -0.2) is 4.79 Å². The van der Waals surface area contributed by atoms with Gasteiger partial charge in [0.15, 0.2) is 11.5 Å². The van der Waals surface area contributed by atoms with Gasteiger partial charge in [0.1, 0.15) is 0 Å². The van der Waals surface area contributed by atoms with E-state index in [1.807, 2.05) is 13.8 Å². The Morgan fingerprint density at radius 1 is 1.17 bits per heavy atom. The van der Waals surface area contributed by atoms with Crippen LogP contribution in [0.15, 0.2) is 12.1 Å². The van der Waals surface area contributed by atoms with Crippen molar-refractivity contribution in [2.24, 2.45) is 0 Å². The SMILES string of the molecule is CCCOc1cc(N)c(C(=O)O)cc1OCCC. The van der Waals surface area contributed by atoms with Crippen LogP contribution in [0.2, 0.25) is 0 Å². The van der Waals surface area contributed by atoms with Crippen LogP contribution >= 0.6 is 0 Å². The Morgan fingerprint density at radius 3 is 2.11 bits per heavy atom. The smallest absolute Gasteiger partial charge is 0.337 e. The maximum absolute atomic E-state index is 11.0. The molecular formula is C13H19NO4. The quantitative estimate of drug-likeness (QED) is 0.730. The third-order valence-electron chi connectivity index (χ3n) is 2.27. The van der Waals surface area contributed by atoms with Gasteiger partial charge in [-0.1, -0.05) is 13.8 Å². The molecule has 5 heteroatoms. The molecule has 0 amide bonds. The molecule has 0 aromatic heterocycles. The second kappa shape index (κ2) is 6.74. The zero-order valence-electron chi connectivity index (χ0n) is 10.7. The van der Waals surface area contributed by atoms with Crippen LogP contribution in [0.25, 0.3) is 0 Å². The number of anilines is 1. The van der Waals surface area contributed by atoms with Crippen molar-refractivity contribution < 1.29 is 19.4 Å². The summed E-state index contributed by atoms with van der Waals surface area (Å²) in [6.07, 6.45) is 1.69. The number of nitrogen functional groups attached to an aromatic ring is 1. The number of benzene rings is 1. The van der Waals surface area contributed by atoms with Crippen LogP contribution in [0.4, 0.5) is 5.69 Å². The van der Waals surface area contributed by atoms with Crippen molar-refractivity contribution in [1.82, 2.24) is 0 Å². The van der Waals surface area contributed by atoms with E-state index in [0.717, 1.165) is 12.8 Å². The van der Waals surface area contributed by atoms with Gasteiger partial charge >= 0.3 is 5.97 Å². The number of carboxylic acids is 1. The van der Waals surface area contributed by atoms with E-state index in [1.165, 1.54) is 12.1 Å². The highest BCUT2D eigenvalue weighted by Gasteiger charge is 2.15. The Labute approximate surface area is 107 Å². The molecule has 3 N–H and O–H groups in total. The normalized spacial score (nSPS) is 10.1. The van der Waals surface area contributed by atoms with Gasteiger partial charge < -0.3 is 20.3 Å². The fourth-order valence-corrected chi connectivity index (χ4v) is 1.41. The summed E-state index contributed by atoms with van der Waals surface area (Å²) in [5, 5.41) is 9.01. The van der Waals surface area contributed by atoms with Crippen molar-refractivity contribution in [2.45, 2.75) is 26.7 Å². The average Bonchev–Trinajstić information content (AvgIpc) is 2.34. The highest BCUT2D eigenvalue weighted by molar-refractivity contribution is 5.94. The lowest BCUT2D eigenvalue weighted by Gasteiger charge is -2.14. The fraction of sp³-hybridized carbons (Fsp3) is 0.462. The fourth-order valence-electron chi connectivity index (χ4n) is 1.41. The summed E-state index contributed by atoms with van der Waals surface area (Å²) in [4.78, 5) is 11.0. The van der Waals surface area contributed by atoms with E-state index in [2.05, 4.69) is 0 Å². The Balaban J connectivity index is 3.06. The second-order valence-electron chi connectivity index (χ2n) is 3.89. The highest BCUT2D eigenvalue weighted by atomic mass is 16.5. The first-order chi connectivity index (χ1) is 8.60. The molecule has 0 fully saturated rings. The van der Waals surface area contributed by atoms with Crippen LogP contribution in [0.3, 0.4) is 0 Å². The van der Waals surface area contributed by atoms with Crippen molar-refractivity contribution in [3.8, 4) is 11.5 Å². The lowest BCUT2D eigenvalue weighted by molar-refractivity contribution is 0.0697. The minimum Gasteiger partial charge on any atom is -0.490 e. The first kappa shape index (κ1) is 14.2. The zero-order valence-corrected chi connectivity index (χ0v) is 10.7. The Kier molecular flexibility index (Phi) is 5.30. The van der Waals surface area contributed by atoms with Gasteiger partial charge in [0.2, 0.25) is 0 Å². The summed E-state index contributed by atoms with van der Waals surface area (Å²) in [5.41, 5.74) is 5.89. The van der Waals surface area contributed by atoms with E-state index in [9.17, 15) is 4.79 Å². The van der Waals surface area contributed by atoms with Crippen LogP contribution in [0.1, 0.15) is 37.0 Å². The van der Waals surface area contributed by atoms with Gasteiger partial charge in [0.25, 0.3) is 0 Å². The summed E-state index contributed by atoms with van der Waals surface area (Å²) in [6, 6.07) is 2.92. The van der Waals surface area contributed by atoms with Crippen LogP contribution in [0.5, 0.6) is 11.5 Å². The molecule has 0 radical (unpaired) electrons. The molecular weight excluding hydrogens is 234 g/mol. The Hall–Kier alpha value is -1.91. The molecule has 5 nitrogen and oxygen atoms in total. The number of aromatic carboxylic acids is 1. The van der Waals surface area contributed by atoms with Crippen LogP contribution in [-0.4, -0.2) is 24.3 Å². The predicted octanol–water partition coefficient (Wildman–Crippen LogP) is 2.54. The highest BCUT2D eigenvalue weighted by Crippen LogP contribution is 2.32. The monoisotopic (exact) mass is 253 g/mol. The zero-order chi connectivity index (χ0) is 13.5. The number of nitrogens with two attached hydrogens (primary N) is 1. The summed E-state index contributed by atoms with van der Waals surface area (Å²) in [7, 11) is 0. The lowest BCUT2D eigenvalue weighted by Crippen LogP contribution is -2.07. The third-order valence-corrected chi connectivity index (χ3v) is 2.27. The van der Waals surface area contributed by atoms with Gasteiger partial charge in [-0.05, 0) is 12.8 Å². The molecule has 1 aromatic rings. The molecule has 18 heavy (non-hydrogen) atoms. The number of carbonyl (C=O) groups is 1. The summed E-state index contributed by atoms with van der Waals surface area (Å²) in [5.74, 6) is -0.152. The van der Waals surface area contributed by atoms with Crippen LogP contribution in [-0.2, 0) is 0 Å². The predicted molar refractivity (Wildman–Crippen MR) is 69.4 cm³/mol. The Morgan fingerprint density at radius 2 is 1.67 bits per heavy atom. The summed E-state index contributed by atoms with van der Waals surface area (Å²) in [6.45, 7) is 5.00. The van der Waals surface area contributed by atoms with E-state index < -0.39 is 5.97 Å². The minimum absolute atomic E-state index is 0.0324. The number of hydrogen-bond donors (Lipinski definition) is 2. The largest absolute Gasteiger partial charge is 0.490 e. The molecule has 0 aliphatic rings. The van der Waals surface area contributed by atoms with E-state index in [-0.39, 0.29) is 11.3 Å². The van der Waals surface area contributed by atoms with E-state index in [1.54, 1.807) is 0 Å². The third kappa shape index (κ3) is 3.55. The first-order valence-electron chi connectivity index (χ1n) is 6.02. The van der Waals surface area contributed by atoms with E-state index in [4.69, 9.17) is 20.3 Å². The molecule has 0 spiro atoms. The molecule has 0 saturated heterocycles. The standard InChI is InChI=1S/C13H19NO4/c1-3-5-17-11-7-9(13(15)16)10(14)8-12(11)18-6-4-2/h7-8H,3-6,14H2,1-2H3,(H,15,16). The molecule has 0 unspecified atom stereocenters. The van der Waals surface area contributed by atoms with Crippen molar-refractivity contribution in [3.05, 3.63) is 17.7 Å². The summed E-state index contributed by atoms with van der Waals surface area (Å²) < 4.78 is 11.0. The second-order valence-corrected chi connectivity index (χ2v) is 3.89. The summed E-state index contributed by atoms with van der Waals surface area (Å²) >= 11 is 0. The number of hydrogen-bond acceptors (Lipinski definition) is 4. The lowest BCUT2D eigenvalue weighted by atomic mass is 10.1. The molecule has 1 aromatic carbocycles. The Bertz CT molecular complexity index is 418. The molecule has 0 aliphatic carbocycles. The molecule has 0 heterocycles. The van der Waals surface area contributed by atoms with Gasteiger partial charge in [-0.2, -0.15) is 0 Å². The molecule has 1 rings (SSSR count). The number of carboxylic acid groups (broad SMARTS) is 1. The maximum Gasteiger partial charge on any atom is 0.337 e. The minimum atomic E-state index is -1.07. The molecule has 0 atom stereocenters. The van der Waals surface area contributed by atoms with E-state index >= 15 is 0 Å². The molecule has 100 valence electrons.